The second-order valence-corrected chi connectivity index (χ2v) is 7.85. The summed E-state index contributed by atoms with van der Waals surface area (Å²) < 4.78 is 29.6. The van der Waals surface area contributed by atoms with E-state index >= 15 is 0 Å². The van der Waals surface area contributed by atoms with E-state index in [4.69, 9.17) is 11.6 Å². The summed E-state index contributed by atoms with van der Waals surface area (Å²) in [4.78, 5) is 31.2. The molecule has 1 amide bonds. The minimum atomic E-state index is -2.86. The van der Waals surface area contributed by atoms with Crippen LogP contribution in [0.4, 0.5) is 8.78 Å². The highest BCUT2D eigenvalue weighted by Gasteiger charge is 2.43. The third-order valence-corrected chi connectivity index (χ3v) is 5.58. The zero-order valence-corrected chi connectivity index (χ0v) is 16.1. The van der Waals surface area contributed by atoms with Crippen molar-refractivity contribution < 1.29 is 13.6 Å². The van der Waals surface area contributed by atoms with Crippen LogP contribution >= 0.6 is 11.6 Å². The summed E-state index contributed by atoms with van der Waals surface area (Å²) in [6.45, 7) is 1.36. The number of nitrogens with zero attached hydrogens (tertiary/aromatic N) is 5. The predicted molar refractivity (Wildman–Crippen MR) is 97.7 cm³/mol. The second-order valence-electron chi connectivity index (χ2n) is 7.44. The molecule has 1 atom stereocenters. The number of hydrogen-bond donors (Lipinski definition) is 0. The molecule has 150 valence electrons. The van der Waals surface area contributed by atoms with E-state index in [9.17, 15) is 18.4 Å². The molecule has 2 aromatic heterocycles. The van der Waals surface area contributed by atoms with Crippen LogP contribution in [-0.2, 0) is 17.8 Å². The SMILES string of the molecule is Cc1cnc(Cn2nc3n(c2=O)[C@H](C(=O)N2CCC(F)(F)C2)CCC3)c(Cl)c1. The lowest BCUT2D eigenvalue weighted by molar-refractivity contribution is -0.135. The molecule has 0 aliphatic carbocycles. The Balaban J connectivity index is 1.63. The number of alkyl halides is 2. The number of fused-ring (bicyclic) bond motifs is 1. The number of pyridine rings is 1. The number of hydrogen-bond acceptors (Lipinski definition) is 4. The molecule has 0 aromatic carbocycles. The monoisotopic (exact) mass is 411 g/mol. The van der Waals surface area contributed by atoms with Crippen molar-refractivity contribution in [2.24, 2.45) is 0 Å². The molecule has 28 heavy (non-hydrogen) atoms. The fourth-order valence-corrected chi connectivity index (χ4v) is 4.10. The molecule has 7 nitrogen and oxygen atoms in total. The minimum absolute atomic E-state index is 0.00342. The summed E-state index contributed by atoms with van der Waals surface area (Å²) in [5.41, 5.74) is 0.961. The van der Waals surface area contributed by atoms with Crippen molar-refractivity contribution in [3.8, 4) is 0 Å². The molecule has 0 bridgehead atoms. The molecule has 1 fully saturated rings. The first-order valence-electron chi connectivity index (χ1n) is 9.21. The van der Waals surface area contributed by atoms with Crippen LogP contribution in [0.3, 0.4) is 0 Å². The topological polar surface area (TPSA) is 73.0 Å². The first kappa shape index (κ1) is 19.0. The van der Waals surface area contributed by atoms with Gasteiger partial charge < -0.3 is 4.90 Å². The summed E-state index contributed by atoms with van der Waals surface area (Å²) in [5.74, 6) is -2.81. The molecule has 10 heteroatoms. The third kappa shape index (κ3) is 3.43. The standard InChI is InChI=1S/C18H20ClF2N5O2/c1-11-7-12(19)13(22-8-11)9-25-17(28)26-14(3-2-4-15(26)23-25)16(27)24-6-5-18(20,21)10-24/h7-8,14H,2-6,9-10H2,1H3/t14-/m0/s1. The van der Waals surface area contributed by atoms with E-state index < -0.39 is 30.1 Å². The van der Waals surface area contributed by atoms with Gasteiger partial charge in [0.25, 0.3) is 5.92 Å². The number of carbonyl (C=O) groups is 1. The molecule has 2 aromatic rings. The third-order valence-electron chi connectivity index (χ3n) is 5.25. The van der Waals surface area contributed by atoms with Gasteiger partial charge in [-0.2, -0.15) is 5.10 Å². The second kappa shape index (κ2) is 6.95. The maximum Gasteiger partial charge on any atom is 0.347 e. The lowest BCUT2D eigenvalue weighted by Gasteiger charge is -2.27. The van der Waals surface area contributed by atoms with Crippen LogP contribution in [0.15, 0.2) is 17.1 Å². The van der Waals surface area contributed by atoms with Crippen LogP contribution in [0, 0.1) is 6.92 Å². The highest BCUT2D eigenvalue weighted by atomic mass is 35.5. The van der Waals surface area contributed by atoms with Crippen LogP contribution in [0.5, 0.6) is 0 Å². The van der Waals surface area contributed by atoms with Gasteiger partial charge in [-0.05, 0) is 31.4 Å². The quantitative estimate of drug-likeness (QED) is 0.776. The highest BCUT2D eigenvalue weighted by molar-refractivity contribution is 6.31. The van der Waals surface area contributed by atoms with Gasteiger partial charge in [0.2, 0.25) is 5.91 Å². The molecular weight excluding hydrogens is 392 g/mol. The van der Waals surface area contributed by atoms with E-state index in [1.165, 1.54) is 9.25 Å². The molecular formula is C18H20ClF2N5O2. The average Bonchev–Trinajstić information content (AvgIpc) is 3.16. The van der Waals surface area contributed by atoms with Gasteiger partial charge in [0.15, 0.2) is 0 Å². The van der Waals surface area contributed by atoms with Crippen LogP contribution < -0.4 is 5.69 Å². The Morgan fingerprint density at radius 3 is 2.89 bits per heavy atom. The van der Waals surface area contributed by atoms with Crippen molar-refractivity contribution in [2.75, 3.05) is 13.1 Å². The largest absolute Gasteiger partial charge is 0.347 e. The Morgan fingerprint density at radius 2 is 2.21 bits per heavy atom. The molecule has 2 aliphatic rings. The summed E-state index contributed by atoms with van der Waals surface area (Å²) in [6.07, 6.45) is 2.97. The van der Waals surface area contributed by atoms with Crippen LogP contribution in [0.2, 0.25) is 5.02 Å². The number of rotatable bonds is 3. The molecule has 2 aliphatic heterocycles. The maximum absolute atomic E-state index is 13.5. The Hall–Kier alpha value is -2.29. The van der Waals surface area contributed by atoms with Gasteiger partial charge in [0, 0.05) is 25.6 Å². The number of aromatic nitrogens is 4. The minimum Gasteiger partial charge on any atom is -0.335 e. The number of likely N-dealkylation sites (tertiary alicyclic amines) is 1. The van der Waals surface area contributed by atoms with Crippen molar-refractivity contribution >= 4 is 17.5 Å². The van der Waals surface area contributed by atoms with Crippen LogP contribution in [0.1, 0.15) is 42.4 Å². The Bertz CT molecular complexity index is 987. The predicted octanol–water partition coefficient (Wildman–Crippen LogP) is 2.19. The van der Waals surface area contributed by atoms with Gasteiger partial charge in [0.1, 0.15) is 11.9 Å². The van der Waals surface area contributed by atoms with Gasteiger partial charge in [-0.25, -0.2) is 18.3 Å². The molecule has 0 spiro atoms. The van der Waals surface area contributed by atoms with Gasteiger partial charge in [0.05, 0.1) is 23.8 Å². The summed E-state index contributed by atoms with van der Waals surface area (Å²) in [7, 11) is 0. The number of carbonyl (C=O) groups excluding carboxylic acids is 1. The molecule has 1 saturated heterocycles. The first-order chi connectivity index (χ1) is 13.2. The summed E-state index contributed by atoms with van der Waals surface area (Å²) >= 11 is 6.21. The maximum atomic E-state index is 13.5. The van der Waals surface area contributed by atoms with Crippen molar-refractivity contribution in [1.29, 1.82) is 0 Å². The van der Waals surface area contributed by atoms with E-state index in [2.05, 4.69) is 10.1 Å². The normalized spacial score (nSPS) is 21.0. The summed E-state index contributed by atoms with van der Waals surface area (Å²) in [6, 6.07) is 0.963. The van der Waals surface area contributed by atoms with E-state index in [1.54, 1.807) is 12.3 Å². The Kier molecular flexibility index (Phi) is 4.73. The van der Waals surface area contributed by atoms with E-state index in [0.29, 0.717) is 35.8 Å². The lowest BCUT2D eigenvalue weighted by atomic mass is 10.0. The molecule has 0 radical (unpaired) electrons. The number of amides is 1. The molecule has 0 saturated carbocycles. The average molecular weight is 412 g/mol. The first-order valence-corrected chi connectivity index (χ1v) is 9.59. The van der Waals surface area contributed by atoms with Crippen molar-refractivity contribution in [3.63, 3.8) is 0 Å². The number of aryl methyl sites for hydroxylation is 2. The fourth-order valence-electron chi connectivity index (χ4n) is 3.82. The van der Waals surface area contributed by atoms with Crippen LogP contribution in [-0.4, -0.2) is 49.2 Å². The Morgan fingerprint density at radius 1 is 1.43 bits per heavy atom. The zero-order chi connectivity index (χ0) is 20.1. The van der Waals surface area contributed by atoms with Gasteiger partial charge in [-0.15, -0.1) is 0 Å². The van der Waals surface area contributed by atoms with Crippen molar-refractivity contribution in [2.45, 2.75) is 51.1 Å². The molecule has 4 heterocycles. The smallest absolute Gasteiger partial charge is 0.335 e. The van der Waals surface area contributed by atoms with Gasteiger partial charge >= 0.3 is 5.69 Å². The van der Waals surface area contributed by atoms with Crippen molar-refractivity contribution in [3.05, 3.63) is 44.9 Å². The van der Waals surface area contributed by atoms with Gasteiger partial charge in [-0.3, -0.25) is 14.3 Å². The molecule has 0 unspecified atom stereocenters. The van der Waals surface area contributed by atoms with Gasteiger partial charge in [-0.1, -0.05) is 11.6 Å². The van der Waals surface area contributed by atoms with E-state index in [1.807, 2.05) is 6.92 Å². The Labute approximate surface area is 164 Å². The molecule has 4 rings (SSSR count). The lowest BCUT2D eigenvalue weighted by Crippen LogP contribution is -2.42. The summed E-state index contributed by atoms with van der Waals surface area (Å²) in [5, 5.41) is 4.78. The van der Waals surface area contributed by atoms with Crippen molar-refractivity contribution in [1.82, 2.24) is 24.2 Å². The number of halogens is 3. The van der Waals surface area contributed by atoms with E-state index in [0.717, 1.165) is 10.5 Å². The fraction of sp³-hybridized carbons (Fsp3) is 0.556. The van der Waals surface area contributed by atoms with Crippen LogP contribution in [0.25, 0.3) is 0 Å². The highest BCUT2D eigenvalue weighted by Crippen LogP contribution is 2.31. The zero-order valence-electron chi connectivity index (χ0n) is 15.4. The molecule has 0 N–H and O–H groups in total. The van der Waals surface area contributed by atoms with E-state index in [-0.39, 0.29) is 19.5 Å².